The van der Waals surface area contributed by atoms with Crippen LogP contribution in [0.25, 0.3) is 11.0 Å². The molecule has 0 unspecified atom stereocenters. The number of H-pyrrole nitrogens is 1. The summed E-state index contributed by atoms with van der Waals surface area (Å²) >= 11 is 0. The van der Waals surface area contributed by atoms with Gasteiger partial charge >= 0.3 is 0 Å². The smallest absolute Gasteiger partial charge is 0.254 e. The highest BCUT2D eigenvalue weighted by Crippen LogP contribution is 2.26. The van der Waals surface area contributed by atoms with Crippen molar-refractivity contribution < 1.29 is 0 Å². The number of nitrogen functional groups attached to an aromatic ring is 1. The largest absolute Gasteiger partial charge is 0.369 e. The van der Waals surface area contributed by atoms with Gasteiger partial charge in [-0.1, -0.05) is 0 Å². The van der Waals surface area contributed by atoms with Gasteiger partial charge in [0.15, 0.2) is 5.65 Å². The normalized spacial score (nSPS) is 15.4. The van der Waals surface area contributed by atoms with E-state index in [4.69, 9.17) is 5.73 Å². The van der Waals surface area contributed by atoms with Gasteiger partial charge in [0, 0.05) is 32.2 Å². The second-order valence-electron chi connectivity index (χ2n) is 6.92. The summed E-state index contributed by atoms with van der Waals surface area (Å²) < 4.78 is 1.79. The van der Waals surface area contributed by atoms with Gasteiger partial charge in [-0.25, -0.2) is 9.97 Å². The molecule has 1 saturated heterocycles. The molecule has 4 N–H and O–H groups in total. The van der Waals surface area contributed by atoms with E-state index in [-0.39, 0.29) is 17.5 Å². The Morgan fingerprint density at radius 2 is 1.96 bits per heavy atom. The molecule has 0 bridgehead atoms. The minimum absolute atomic E-state index is 0.142. The number of rotatable bonds is 3. The summed E-state index contributed by atoms with van der Waals surface area (Å²) in [5.74, 6) is 2.32. The van der Waals surface area contributed by atoms with E-state index < -0.39 is 0 Å². The fourth-order valence-corrected chi connectivity index (χ4v) is 3.62. The molecular weight excluding hydrogens is 346 g/mol. The third-order valence-electron chi connectivity index (χ3n) is 4.88. The molecule has 4 heterocycles. The number of hydrogen-bond acceptors (Lipinski definition) is 8. The molecular formula is C17H23N9O. The molecule has 27 heavy (non-hydrogen) atoms. The quantitative estimate of drug-likeness (QED) is 0.616. The van der Waals surface area contributed by atoms with Gasteiger partial charge in [0.1, 0.15) is 17.5 Å². The van der Waals surface area contributed by atoms with Crippen LogP contribution in [0.2, 0.25) is 0 Å². The maximum Gasteiger partial charge on any atom is 0.254 e. The fourth-order valence-electron chi connectivity index (χ4n) is 3.62. The third kappa shape index (κ3) is 3.29. The maximum absolute atomic E-state index is 11.6. The number of nitrogens with zero attached hydrogens (tertiary/aromatic N) is 6. The third-order valence-corrected chi connectivity index (χ3v) is 4.88. The molecule has 10 nitrogen and oxygen atoms in total. The number of fused-ring (bicyclic) bond motifs is 1. The van der Waals surface area contributed by atoms with Crippen LogP contribution in [0.15, 0.2) is 10.9 Å². The average Bonchev–Trinajstić information content (AvgIpc) is 2.88. The minimum atomic E-state index is -0.233. The number of anilines is 3. The van der Waals surface area contributed by atoms with E-state index in [0.717, 1.165) is 48.5 Å². The van der Waals surface area contributed by atoms with Gasteiger partial charge in [0.25, 0.3) is 5.56 Å². The van der Waals surface area contributed by atoms with Crippen LogP contribution in [-0.2, 0) is 7.05 Å². The van der Waals surface area contributed by atoms with E-state index in [1.54, 1.807) is 4.68 Å². The Kier molecular flexibility index (Phi) is 4.17. The van der Waals surface area contributed by atoms with E-state index in [1.807, 2.05) is 20.9 Å². The summed E-state index contributed by atoms with van der Waals surface area (Å²) in [4.78, 5) is 29.5. The number of nitrogens with one attached hydrogen (secondary N) is 2. The van der Waals surface area contributed by atoms with Crippen LogP contribution in [0.4, 0.5) is 17.6 Å². The monoisotopic (exact) mass is 369 g/mol. The van der Waals surface area contributed by atoms with Crippen molar-refractivity contribution in [2.24, 2.45) is 7.05 Å². The number of piperidine rings is 1. The highest BCUT2D eigenvalue weighted by atomic mass is 16.1. The van der Waals surface area contributed by atoms with E-state index in [9.17, 15) is 4.79 Å². The van der Waals surface area contributed by atoms with Gasteiger partial charge in [-0.3, -0.25) is 14.5 Å². The van der Waals surface area contributed by atoms with Crippen molar-refractivity contribution in [2.75, 3.05) is 29.0 Å². The van der Waals surface area contributed by atoms with E-state index in [1.165, 1.54) is 6.07 Å². The van der Waals surface area contributed by atoms with Crippen molar-refractivity contribution in [3.63, 3.8) is 0 Å². The van der Waals surface area contributed by atoms with Crippen LogP contribution in [0.3, 0.4) is 0 Å². The molecule has 142 valence electrons. The molecule has 0 aliphatic carbocycles. The molecule has 10 heteroatoms. The van der Waals surface area contributed by atoms with Crippen LogP contribution in [0, 0.1) is 13.8 Å². The van der Waals surface area contributed by atoms with E-state index in [2.05, 4.69) is 35.3 Å². The lowest BCUT2D eigenvalue weighted by Crippen LogP contribution is -2.40. The first-order valence-electron chi connectivity index (χ1n) is 8.97. The summed E-state index contributed by atoms with van der Waals surface area (Å²) in [7, 11) is 1.89. The molecule has 0 saturated carbocycles. The zero-order valence-electron chi connectivity index (χ0n) is 15.7. The molecule has 1 fully saturated rings. The van der Waals surface area contributed by atoms with Crippen LogP contribution in [-0.4, -0.2) is 48.8 Å². The van der Waals surface area contributed by atoms with Crippen molar-refractivity contribution in [3.05, 3.63) is 27.9 Å². The molecule has 0 amide bonds. The van der Waals surface area contributed by atoms with Gasteiger partial charge in [0.05, 0.1) is 11.1 Å². The van der Waals surface area contributed by atoms with Crippen LogP contribution in [0.5, 0.6) is 0 Å². The number of aryl methyl sites for hydroxylation is 3. The molecule has 3 aromatic rings. The Morgan fingerprint density at radius 1 is 1.22 bits per heavy atom. The molecule has 0 spiro atoms. The van der Waals surface area contributed by atoms with Gasteiger partial charge in [-0.2, -0.15) is 10.1 Å². The van der Waals surface area contributed by atoms with Crippen molar-refractivity contribution in [3.8, 4) is 0 Å². The molecule has 4 rings (SSSR count). The van der Waals surface area contributed by atoms with Crippen LogP contribution < -0.4 is 21.5 Å². The predicted octanol–water partition coefficient (Wildman–Crippen LogP) is 0.727. The Balaban J connectivity index is 1.51. The topological polar surface area (TPSA) is 131 Å². The molecule has 0 radical (unpaired) electrons. The Labute approximate surface area is 155 Å². The first-order valence-corrected chi connectivity index (χ1v) is 8.97. The van der Waals surface area contributed by atoms with Gasteiger partial charge in [-0.15, -0.1) is 0 Å². The zero-order chi connectivity index (χ0) is 19.1. The number of nitrogens with two attached hydrogens (primary N) is 1. The van der Waals surface area contributed by atoms with Crippen molar-refractivity contribution in [1.82, 2.24) is 29.7 Å². The van der Waals surface area contributed by atoms with Crippen molar-refractivity contribution in [1.29, 1.82) is 0 Å². The number of hydrogen-bond donors (Lipinski definition) is 3. The van der Waals surface area contributed by atoms with Crippen molar-refractivity contribution in [2.45, 2.75) is 32.7 Å². The van der Waals surface area contributed by atoms with Crippen LogP contribution >= 0.6 is 0 Å². The van der Waals surface area contributed by atoms with Gasteiger partial charge < -0.3 is 16.0 Å². The Morgan fingerprint density at radius 3 is 2.67 bits per heavy atom. The summed E-state index contributed by atoms with van der Waals surface area (Å²) in [6.45, 7) is 5.43. The highest BCUT2D eigenvalue weighted by molar-refractivity contribution is 5.89. The van der Waals surface area contributed by atoms with Gasteiger partial charge in [-0.05, 0) is 26.7 Å². The molecule has 1 aliphatic rings. The lowest BCUT2D eigenvalue weighted by atomic mass is 10.0. The fraction of sp³-hybridized carbons (Fsp3) is 0.471. The van der Waals surface area contributed by atoms with Crippen LogP contribution in [0.1, 0.15) is 24.4 Å². The minimum Gasteiger partial charge on any atom is -0.369 e. The molecule has 0 atom stereocenters. The lowest BCUT2D eigenvalue weighted by Gasteiger charge is -2.33. The molecule has 3 aromatic heterocycles. The summed E-state index contributed by atoms with van der Waals surface area (Å²) in [5.41, 5.74) is 7.17. The Bertz CT molecular complexity index is 1050. The molecule has 1 aliphatic heterocycles. The summed E-state index contributed by atoms with van der Waals surface area (Å²) in [6, 6.07) is 1.76. The first-order chi connectivity index (χ1) is 12.9. The predicted molar refractivity (Wildman–Crippen MR) is 104 cm³/mol. The lowest BCUT2D eigenvalue weighted by molar-refractivity contribution is 0.522. The maximum atomic E-state index is 11.6. The number of aromatic amines is 1. The van der Waals surface area contributed by atoms with E-state index in [0.29, 0.717) is 11.6 Å². The average molecular weight is 369 g/mol. The van der Waals surface area contributed by atoms with E-state index >= 15 is 0 Å². The summed E-state index contributed by atoms with van der Waals surface area (Å²) in [6.07, 6.45) is 1.80. The Hall–Kier alpha value is -3.17. The summed E-state index contributed by atoms with van der Waals surface area (Å²) in [5, 5.41) is 9.00. The second-order valence-corrected chi connectivity index (χ2v) is 6.92. The standard InChI is InChI=1S/C17H23N9O/c1-9-14-15(19-10(2)20-16(14)25(3)24-9)21-11-4-6-26(7-5-11)12-8-13(27)23-17(18)22-12/h8,11H,4-7H2,1-3H3,(H,19,20,21)(H3,18,22,23,27). The second kappa shape index (κ2) is 6.53. The highest BCUT2D eigenvalue weighted by Gasteiger charge is 2.23. The first kappa shape index (κ1) is 17.3. The van der Waals surface area contributed by atoms with Gasteiger partial charge in [0.2, 0.25) is 5.95 Å². The number of aromatic nitrogens is 6. The molecule has 0 aromatic carbocycles. The van der Waals surface area contributed by atoms with Crippen molar-refractivity contribution >= 4 is 28.6 Å². The zero-order valence-corrected chi connectivity index (χ0v) is 15.7. The SMILES string of the molecule is Cc1nc(NC2CCN(c3cc(=O)[nH]c(N)n3)CC2)c2c(C)nn(C)c2n1.